The number of benzene rings is 2. The summed E-state index contributed by atoms with van der Waals surface area (Å²) in [6.45, 7) is 1.74. The largest absolute Gasteiger partial charge is 0.340 e. The van der Waals surface area contributed by atoms with Crippen molar-refractivity contribution in [2.45, 2.75) is 11.4 Å². The number of carbonyl (C=O) groups excluding carboxylic acids is 1. The molecule has 2 aromatic rings. The zero-order valence-corrected chi connectivity index (χ0v) is 17.7. The third-order valence-corrected chi connectivity index (χ3v) is 7.22. The van der Waals surface area contributed by atoms with Gasteiger partial charge in [-0.05, 0) is 24.3 Å². The minimum Gasteiger partial charge on any atom is -0.340 e. The molecule has 6 nitrogen and oxygen atoms in total. The van der Waals surface area contributed by atoms with Gasteiger partial charge in [0.15, 0.2) is 0 Å². The molecule has 1 saturated heterocycles. The summed E-state index contributed by atoms with van der Waals surface area (Å²) in [5, 5.41) is 0.282. The number of rotatable bonds is 6. The molecule has 0 saturated carbocycles. The van der Waals surface area contributed by atoms with Crippen LogP contribution in [0, 0.1) is 5.82 Å². The monoisotopic (exact) mass is 439 g/mol. The van der Waals surface area contributed by atoms with E-state index < -0.39 is 15.8 Å². The lowest BCUT2D eigenvalue weighted by Gasteiger charge is -2.34. The molecule has 1 heterocycles. The Morgan fingerprint density at radius 2 is 1.72 bits per heavy atom. The van der Waals surface area contributed by atoms with Crippen LogP contribution in [-0.2, 0) is 21.4 Å². The minimum atomic E-state index is -3.53. The summed E-state index contributed by atoms with van der Waals surface area (Å²) in [5.41, 5.74) is 0.281. The Kier molecular flexibility index (Phi) is 6.89. The SMILES string of the molecule is CN(Cc1c(F)cccc1Cl)C(=O)CN1CCN(S(=O)(=O)c2ccccc2)CC1. The fourth-order valence-corrected chi connectivity index (χ4v) is 4.86. The van der Waals surface area contributed by atoms with Gasteiger partial charge in [-0.15, -0.1) is 0 Å². The van der Waals surface area contributed by atoms with Crippen molar-refractivity contribution in [2.75, 3.05) is 39.8 Å². The number of amides is 1. The normalized spacial score (nSPS) is 16.0. The lowest BCUT2D eigenvalue weighted by atomic mass is 10.2. The van der Waals surface area contributed by atoms with Crippen molar-refractivity contribution in [2.24, 2.45) is 0 Å². The number of carbonyl (C=O) groups is 1. The van der Waals surface area contributed by atoms with Crippen LogP contribution in [0.25, 0.3) is 0 Å². The number of piperazine rings is 1. The number of likely N-dealkylation sites (N-methyl/N-ethyl adjacent to an activating group) is 1. The maximum atomic E-state index is 13.9. The van der Waals surface area contributed by atoms with E-state index in [0.717, 1.165) is 0 Å². The number of hydrogen-bond donors (Lipinski definition) is 0. The molecular weight excluding hydrogens is 417 g/mol. The Morgan fingerprint density at radius 1 is 1.07 bits per heavy atom. The molecule has 9 heteroatoms. The highest BCUT2D eigenvalue weighted by Gasteiger charge is 2.29. The van der Waals surface area contributed by atoms with Crippen LogP contribution < -0.4 is 0 Å². The number of halogens is 2. The van der Waals surface area contributed by atoms with Gasteiger partial charge in [0.05, 0.1) is 11.4 Å². The van der Waals surface area contributed by atoms with Crippen molar-refractivity contribution < 1.29 is 17.6 Å². The van der Waals surface area contributed by atoms with Crippen LogP contribution in [0.2, 0.25) is 5.02 Å². The molecule has 0 atom stereocenters. The molecule has 1 aliphatic rings. The van der Waals surface area contributed by atoms with E-state index in [9.17, 15) is 17.6 Å². The Bertz CT molecular complexity index is 944. The summed E-state index contributed by atoms with van der Waals surface area (Å²) in [5.74, 6) is -0.624. The summed E-state index contributed by atoms with van der Waals surface area (Å²) in [6, 6.07) is 12.7. The standard InChI is InChI=1S/C20H23ClFN3O3S/c1-23(14-17-18(21)8-5-9-19(17)22)20(26)15-24-10-12-25(13-11-24)29(27,28)16-6-3-2-4-7-16/h2-9H,10-15H2,1H3. The summed E-state index contributed by atoms with van der Waals surface area (Å²) in [7, 11) is -1.93. The molecule has 0 aliphatic carbocycles. The predicted octanol–water partition coefficient (Wildman–Crippen LogP) is 2.44. The summed E-state index contributed by atoms with van der Waals surface area (Å²) < 4.78 is 40.7. The molecule has 1 amide bonds. The van der Waals surface area contributed by atoms with Gasteiger partial charge in [0.1, 0.15) is 5.82 Å². The molecule has 0 aromatic heterocycles. The van der Waals surface area contributed by atoms with Gasteiger partial charge in [-0.1, -0.05) is 35.9 Å². The van der Waals surface area contributed by atoms with Crippen molar-refractivity contribution >= 4 is 27.5 Å². The molecule has 1 fully saturated rings. The molecule has 0 bridgehead atoms. The van der Waals surface area contributed by atoms with Crippen molar-refractivity contribution in [3.05, 3.63) is 64.9 Å². The lowest BCUT2D eigenvalue weighted by molar-refractivity contribution is -0.131. The Morgan fingerprint density at radius 3 is 2.34 bits per heavy atom. The van der Waals surface area contributed by atoms with Gasteiger partial charge in [0, 0.05) is 50.4 Å². The van der Waals surface area contributed by atoms with Crippen molar-refractivity contribution in [1.82, 2.24) is 14.1 Å². The van der Waals surface area contributed by atoms with E-state index in [0.29, 0.717) is 26.2 Å². The van der Waals surface area contributed by atoms with E-state index in [1.54, 1.807) is 43.4 Å². The van der Waals surface area contributed by atoms with E-state index in [2.05, 4.69) is 0 Å². The zero-order chi connectivity index (χ0) is 21.0. The lowest BCUT2D eigenvalue weighted by Crippen LogP contribution is -2.51. The minimum absolute atomic E-state index is 0.0761. The van der Waals surface area contributed by atoms with Gasteiger partial charge >= 0.3 is 0 Å². The quantitative estimate of drug-likeness (QED) is 0.693. The number of hydrogen-bond acceptors (Lipinski definition) is 4. The smallest absolute Gasteiger partial charge is 0.243 e. The van der Waals surface area contributed by atoms with Crippen LogP contribution >= 0.6 is 11.6 Å². The molecule has 0 radical (unpaired) electrons. The van der Waals surface area contributed by atoms with Gasteiger partial charge in [0.2, 0.25) is 15.9 Å². The Balaban J connectivity index is 1.54. The summed E-state index contributed by atoms with van der Waals surface area (Å²) in [6.07, 6.45) is 0. The van der Waals surface area contributed by atoms with Gasteiger partial charge in [0.25, 0.3) is 0 Å². The van der Waals surface area contributed by atoms with Crippen molar-refractivity contribution in [3.63, 3.8) is 0 Å². The van der Waals surface area contributed by atoms with E-state index in [-0.39, 0.29) is 34.5 Å². The van der Waals surface area contributed by atoms with Crippen LogP contribution in [0.5, 0.6) is 0 Å². The third kappa shape index (κ3) is 5.14. The molecule has 156 valence electrons. The Hall–Kier alpha value is -2.00. The number of sulfonamides is 1. The summed E-state index contributed by atoms with van der Waals surface area (Å²) in [4.78, 5) is 16.1. The van der Waals surface area contributed by atoms with Crippen molar-refractivity contribution in [1.29, 1.82) is 0 Å². The maximum Gasteiger partial charge on any atom is 0.243 e. The molecule has 2 aromatic carbocycles. The average molecular weight is 440 g/mol. The fourth-order valence-electron chi connectivity index (χ4n) is 3.19. The molecule has 0 N–H and O–H groups in total. The topological polar surface area (TPSA) is 60.9 Å². The fraction of sp³-hybridized carbons (Fsp3) is 0.350. The van der Waals surface area contributed by atoms with Gasteiger partial charge in [-0.2, -0.15) is 4.31 Å². The second kappa shape index (κ2) is 9.21. The van der Waals surface area contributed by atoms with Crippen molar-refractivity contribution in [3.8, 4) is 0 Å². The van der Waals surface area contributed by atoms with Crippen LogP contribution in [-0.4, -0.2) is 68.2 Å². The summed E-state index contributed by atoms with van der Waals surface area (Å²) >= 11 is 6.03. The molecule has 1 aliphatic heterocycles. The number of nitrogens with zero attached hydrogens (tertiary/aromatic N) is 3. The van der Waals surface area contributed by atoms with Crippen LogP contribution in [0.4, 0.5) is 4.39 Å². The first kappa shape index (κ1) is 21.7. The van der Waals surface area contributed by atoms with E-state index in [4.69, 9.17) is 11.6 Å². The Labute approximate surface area is 175 Å². The van der Waals surface area contributed by atoms with Gasteiger partial charge in [-0.25, -0.2) is 12.8 Å². The first-order valence-electron chi connectivity index (χ1n) is 9.23. The van der Waals surface area contributed by atoms with Crippen LogP contribution in [0.3, 0.4) is 0 Å². The van der Waals surface area contributed by atoms with Gasteiger partial charge < -0.3 is 4.90 Å². The molecular formula is C20H23ClFN3O3S. The highest BCUT2D eigenvalue weighted by molar-refractivity contribution is 7.89. The predicted molar refractivity (Wildman–Crippen MR) is 110 cm³/mol. The third-order valence-electron chi connectivity index (χ3n) is 4.95. The molecule has 29 heavy (non-hydrogen) atoms. The highest BCUT2D eigenvalue weighted by atomic mass is 35.5. The second-order valence-electron chi connectivity index (χ2n) is 6.94. The average Bonchev–Trinajstić information content (AvgIpc) is 2.71. The zero-order valence-electron chi connectivity index (χ0n) is 16.1. The molecule has 0 unspecified atom stereocenters. The first-order chi connectivity index (χ1) is 13.8. The maximum absolute atomic E-state index is 13.9. The highest BCUT2D eigenvalue weighted by Crippen LogP contribution is 2.21. The van der Waals surface area contributed by atoms with E-state index >= 15 is 0 Å². The second-order valence-corrected chi connectivity index (χ2v) is 9.29. The molecule has 3 rings (SSSR count). The van der Waals surface area contributed by atoms with Crippen LogP contribution in [0.1, 0.15) is 5.56 Å². The molecule has 0 spiro atoms. The first-order valence-corrected chi connectivity index (χ1v) is 11.1. The van der Waals surface area contributed by atoms with Gasteiger partial charge in [-0.3, -0.25) is 9.69 Å². The van der Waals surface area contributed by atoms with E-state index in [1.807, 2.05) is 4.90 Å². The van der Waals surface area contributed by atoms with E-state index in [1.165, 1.54) is 21.3 Å². The van der Waals surface area contributed by atoms with Crippen LogP contribution in [0.15, 0.2) is 53.4 Å².